The van der Waals surface area contributed by atoms with Crippen LogP contribution in [0.4, 0.5) is 0 Å². The monoisotopic (exact) mass is 185 g/mol. The summed E-state index contributed by atoms with van der Waals surface area (Å²) in [6, 6.07) is 0. The summed E-state index contributed by atoms with van der Waals surface area (Å²) in [6.07, 6.45) is 8.67. The molecule has 0 aromatic heterocycles. The Morgan fingerprint density at radius 1 is 1.23 bits per heavy atom. The number of ether oxygens (including phenoxy) is 1. The molecule has 0 bridgehead atoms. The molecule has 0 aromatic rings. The summed E-state index contributed by atoms with van der Waals surface area (Å²) in [4.78, 5) is 0. The third kappa shape index (κ3) is 3.28. The van der Waals surface area contributed by atoms with Crippen LogP contribution < -0.4 is 5.73 Å². The first-order valence-corrected chi connectivity index (χ1v) is 5.67. The molecule has 2 N–H and O–H groups in total. The van der Waals surface area contributed by atoms with Crippen LogP contribution >= 0.6 is 0 Å². The lowest BCUT2D eigenvalue weighted by molar-refractivity contribution is -0.0640. The minimum absolute atomic E-state index is 0.0490. The Labute approximate surface area is 81.8 Å². The minimum atomic E-state index is 0.0490. The fourth-order valence-electron chi connectivity index (χ4n) is 2.04. The molecular weight excluding hydrogens is 162 g/mol. The smallest absolute Gasteiger partial charge is 0.0804 e. The summed E-state index contributed by atoms with van der Waals surface area (Å²) < 4.78 is 5.94. The summed E-state index contributed by atoms with van der Waals surface area (Å²) in [5.41, 5.74) is 5.84. The van der Waals surface area contributed by atoms with Gasteiger partial charge in [-0.3, -0.25) is 0 Å². The van der Waals surface area contributed by atoms with E-state index in [9.17, 15) is 0 Å². The van der Waals surface area contributed by atoms with Gasteiger partial charge in [0.2, 0.25) is 0 Å². The highest BCUT2D eigenvalue weighted by molar-refractivity contribution is 4.85. The van der Waals surface area contributed by atoms with E-state index in [4.69, 9.17) is 10.5 Å². The van der Waals surface area contributed by atoms with Gasteiger partial charge in [0, 0.05) is 13.2 Å². The van der Waals surface area contributed by atoms with Gasteiger partial charge in [-0.25, -0.2) is 0 Å². The molecule has 0 aromatic carbocycles. The van der Waals surface area contributed by atoms with Gasteiger partial charge in [0.25, 0.3) is 0 Å². The highest BCUT2D eigenvalue weighted by atomic mass is 16.5. The Kier molecular flexibility index (Phi) is 4.74. The van der Waals surface area contributed by atoms with Crippen molar-refractivity contribution in [2.75, 3.05) is 13.2 Å². The van der Waals surface area contributed by atoms with Crippen molar-refractivity contribution in [3.63, 3.8) is 0 Å². The van der Waals surface area contributed by atoms with Crippen molar-refractivity contribution >= 4 is 0 Å². The first-order chi connectivity index (χ1) is 6.33. The summed E-state index contributed by atoms with van der Waals surface area (Å²) in [7, 11) is 0. The van der Waals surface area contributed by atoms with E-state index in [0.717, 1.165) is 6.61 Å². The van der Waals surface area contributed by atoms with Crippen LogP contribution in [0.1, 0.15) is 51.9 Å². The van der Waals surface area contributed by atoms with E-state index in [-0.39, 0.29) is 5.60 Å². The Morgan fingerprint density at radius 2 is 1.92 bits per heavy atom. The summed E-state index contributed by atoms with van der Waals surface area (Å²) in [5.74, 6) is 0. The van der Waals surface area contributed by atoms with Gasteiger partial charge < -0.3 is 10.5 Å². The minimum Gasteiger partial charge on any atom is -0.374 e. The number of unbranched alkanes of at least 4 members (excludes halogenated alkanes) is 1. The predicted molar refractivity (Wildman–Crippen MR) is 55.7 cm³/mol. The SMILES string of the molecule is CCCCOC1(CN)CCCCC1. The van der Waals surface area contributed by atoms with E-state index >= 15 is 0 Å². The van der Waals surface area contributed by atoms with Crippen molar-refractivity contribution < 1.29 is 4.74 Å². The van der Waals surface area contributed by atoms with E-state index in [1.165, 1.54) is 44.9 Å². The zero-order valence-corrected chi connectivity index (χ0v) is 8.85. The Hall–Kier alpha value is -0.0800. The first-order valence-electron chi connectivity index (χ1n) is 5.67. The molecule has 0 spiro atoms. The molecule has 1 aliphatic carbocycles. The maximum absolute atomic E-state index is 5.94. The quantitative estimate of drug-likeness (QED) is 0.668. The van der Waals surface area contributed by atoms with Gasteiger partial charge >= 0.3 is 0 Å². The second-order valence-electron chi connectivity index (χ2n) is 4.15. The van der Waals surface area contributed by atoms with Gasteiger partial charge in [-0.1, -0.05) is 32.6 Å². The molecule has 0 heterocycles. The van der Waals surface area contributed by atoms with Gasteiger partial charge in [0.15, 0.2) is 0 Å². The van der Waals surface area contributed by atoms with Crippen LogP contribution in [0.3, 0.4) is 0 Å². The highest BCUT2D eigenvalue weighted by Crippen LogP contribution is 2.30. The molecule has 1 rings (SSSR count). The van der Waals surface area contributed by atoms with E-state index in [0.29, 0.717) is 6.54 Å². The molecule has 13 heavy (non-hydrogen) atoms. The number of nitrogens with two attached hydrogens (primary N) is 1. The van der Waals surface area contributed by atoms with E-state index < -0.39 is 0 Å². The van der Waals surface area contributed by atoms with Gasteiger partial charge in [-0.2, -0.15) is 0 Å². The molecule has 1 saturated carbocycles. The van der Waals surface area contributed by atoms with Crippen LogP contribution in [0.2, 0.25) is 0 Å². The van der Waals surface area contributed by atoms with Gasteiger partial charge in [0.1, 0.15) is 0 Å². The fraction of sp³-hybridized carbons (Fsp3) is 1.00. The molecule has 1 aliphatic rings. The molecule has 0 aliphatic heterocycles. The molecule has 0 atom stereocenters. The van der Waals surface area contributed by atoms with Crippen LogP contribution in [0.15, 0.2) is 0 Å². The fourth-order valence-corrected chi connectivity index (χ4v) is 2.04. The van der Waals surface area contributed by atoms with E-state index in [1.54, 1.807) is 0 Å². The molecule has 1 fully saturated rings. The van der Waals surface area contributed by atoms with Crippen molar-refractivity contribution in [3.05, 3.63) is 0 Å². The topological polar surface area (TPSA) is 35.2 Å². The summed E-state index contributed by atoms with van der Waals surface area (Å²) in [6.45, 7) is 3.80. The third-order valence-corrected chi connectivity index (χ3v) is 3.04. The average molecular weight is 185 g/mol. The standard InChI is InChI=1S/C11H23NO/c1-2-3-9-13-11(10-12)7-5-4-6-8-11/h2-10,12H2,1H3. The second kappa shape index (κ2) is 5.61. The molecule has 0 saturated heterocycles. The Balaban J connectivity index is 2.29. The van der Waals surface area contributed by atoms with Crippen molar-refractivity contribution in [3.8, 4) is 0 Å². The van der Waals surface area contributed by atoms with Crippen molar-refractivity contribution in [2.24, 2.45) is 5.73 Å². The van der Waals surface area contributed by atoms with Crippen LogP contribution in [-0.4, -0.2) is 18.8 Å². The summed E-state index contributed by atoms with van der Waals surface area (Å²) in [5, 5.41) is 0. The maximum atomic E-state index is 5.94. The average Bonchev–Trinajstić information content (AvgIpc) is 2.20. The lowest BCUT2D eigenvalue weighted by Gasteiger charge is -2.36. The van der Waals surface area contributed by atoms with E-state index in [2.05, 4.69) is 6.92 Å². The van der Waals surface area contributed by atoms with Crippen molar-refractivity contribution in [1.82, 2.24) is 0 Å². The number of hydrogen-bond donors (Lipinski definition) is 1. The molecular formula is C11H23NO. The Morgan fingerprint density at radius 3 is 2.46 bits per heavy atom. The molecule has 0 radical (unpaired) electrons. The highest BCUT2D eigenvalue weighted by Gasteiger charge is 2.30. The zero-order chi connectivity index (χ0) is 9.57. The van der Waals surface area contributed by atoms with E-state index in [1.807, 2.05) is 0 Å². The second-order valence-corrected chi connectivity index (χ2v) is 4.15. The van der Waals surface area contributed by atoms with Crippen LogP contribution in [0.25, 0.3) is 0 Å². The Bertz CT molecular complexity index is 130. The predicted octanol–water partition coefficient (Wildman–Crippen LogP) is 2.46. The van der Waals surface area contributed by atoms with Crippen LogP contribution in [-0.2, 0) is 4.74 Å². The van der Waals surface area contributed by atoms with Gasteiger partial charge in [-0.15, -0.1) is 0 Å². The van der Waals surface area contributed by atoms with Crippen molar-refractivity contribution in [2.45, 2.75) is 57.5 Å². The largest absolute Gasteiger partial charge is 0.374 e. The zero-order valence-electron chi connectivity index (χ0n) is 8.85. The normalized spacial score (nSPS) is 21.7. The van der Waals surface area contributed by atoms with Crippen LogP contribution in [0.5, 0.6) is 0 Å². The molecule has 2 nitrogen and oxygen atoms in total. The molecule has 0 unspecified atom stereocenters. The first kappa shape index (κ1) is 11.0. The lowest BCUT2D eigenvalue weighted by atomic mass is 9.84. The summed E-state index contributed by atoms with van der Waals surface area (Å²) >= 11 is 0. The maximum Gasteiger partial charge on any atom is 0.0804 e. The lowest BCUT2D eigenvalue weighted by Crippen LogP contribution is -2.42. The van der Waals surface area contributed by atoms with Gasteiger partial charge in [-0.05, 0) is 19.3 Å². The van der Waals surface area contributed by atoms with Crippen LogP contribution in [0, 0.1) is 0 Å². The van der Waals surface area contributed by atoms with Gasteiger partial charge in [0.05, 0.1) is 5.60 Å². The third-order valence-electron chi connectivity index (χ3n) is 3.04. The molecule has 78 valence electrons. The number of rotatable bonds is 5. The van der Waals surface area contributed by atoms with Crippen molar-refractivity contribution in [1.29, 1.82) is 0 Å². The number of hydrogen-bond acceptors (Lipinski definition) is 2. The molecule has 2 heteroatoms. The molecule has 0 amide bonds.